The zero-order valence-electron chi connectivity index (χ0n) is 26.4. The van der Waals surface area contributed by atoms with Gasteiger partial charge in [0.25, 0.3) is 0 Å². The fourth-order valence-electron chi connectivity index (χ4n) is 12.5. The molecule has 3 saturated heterocycles. The monoisotopic (exact) mass is 634 g/mol. The zero-order valence-corrected chi connectivity index (χ0v) is 26.4. The van der Waals surface area contributed by atoms with Crippen molar-refractivity contribution in [1.82, 2.24) is 0 Å². The van der Waals surface area contributed by atoms with Gasteiger partial charge in [-0.2, -0.15) is 0 Å². The SMILES string of the molecule is CC(=O)O[C@H]1C2C(C(=O)C[C@@]3(O)C[C@@H]4O[C@@H]4[C@H](O)[C@]23C)[C@@H]2[C@@H](O)[C@@H]3[C@H]([C@H](C)[C@H]4O[C@]45OC(=O)[C@@](C)(O)[C@]35C)[C@@]2(C)[C@H]1OC(C)=O. The van der Waals surface area contributed by atoms with Crippen LogP contribution in [0.3, 0.4) is 0 Å². The number of Topliss-reactive ketones (excluding diaryl/α,β-unsaturated/α-hetero) is 1. The Bertz CT molecular complexity index is 1450. The van der Waals surface area contributed by atoms with Gasteiger partial charge in [-0.05, 0) is 25.7 Å². The highest BCUT2D eigenvalue weighted by Gasteiger charge is 2.93. The summed E-state index contributed by atoms with van der Waals surface area (Å²) in [5.41, 5.74) is -8.04. The Morgan fingerprint density at radius 2 is 1.58 bits per heavy atom. The third-order valence-corrected chi connectivity index (χ3v) is 14.5. The Balaban J connectivity index is 1.38. The number of aliphatic hydroxyl groups excluding tert-OH is 2. The van der Waals surface area contributed by atoms with Crippen LogP contribution < -0.4 is 0 Å². The molecule has 2 unspecified atom stereocenters. The number of hydrogen-bond acceptors (Lipinski definition) is 13. The van der Waals surface area contributed by atoms with E-state index in [-0.39, 0.29) is 18.6 Å². The van der Waals surface area contributed by atoms with Crippen molar-refractivity contribution in [3.63, 3.8) is 0 Å². The molecule has 0 radical (unpaired) electrons. The van der Waals surface area contributed by atoms with E-state index in [1.54, 1.807) is 20.8 Å². The highest BCUT2D eigenvalue weighted by atomic mass is 16.8. The number of hydrogen-bond donors (Lipinski definition) is 4. The fraction of sp³-hybridized carbons (Fsp3) is 0.875. The predicted octanol–water partition coefficient (Wildman–Crippen LogP) is -0.374. The molecule has 3 heterocycles. The van der Waals surface area contributed by atoms with Gasteiger partial charge in [0.15, 0.2) is 5.60 Å². The van der Waals surface area contributed by atoms with Crippen LogP contribution in [0.25, 0.3) is 0 Å². The summed E-state index contributed by atoms with van der Waals surface area (Å²) in [6, 6.07) is 0. The molecule has 13 heteroatoms. The van der Waals surface area contributed by atoms with Crippen LogP contribution in [-0.4, -0.2) is 104 Å². The average Bonchev–Trinajstić information content (AvgIpc) is 3.82. The van der Waals surface area contributed by atoms with E-state index in [4.69, 9.17) is 23.7 Å². The predicted molar refractivity (Wildman–Crippen MR) is 146 cm³/mol. The van der Waals surface area contributed by atoms with Gasteiger partial charge in [-0.25, -0.2) is 4.79 Å². The summed E-state index contributed by atoms with van der Waals surface area (Å²) in [4.78, 5) is 53.4. The molecule has 0 aromatic heterocycles. The normalized spacial score (nSPS) is 63.0. The summed E-state index contributed by atoms with van der Waals surface area (Å²) in [5, 5.41) is 48.4. The van der Waals surface area contributed by atoms with Crippen molar-refractivity contribution in [2.24, 2.45) is 51.8 Å². The molecule has 8 fully saturated rings. The highest BCUT2D eigenvalue weighted by Crippen LogP contribution is 2.80. The van der Waals surface area contributed by atoms with Crippen molar-refractivity contribution < 1.29 is 63.3 Å². The summed E-state index contributed by atoms with van der Waals surface area (Å²) >= 11 is 0. The maximum Gasteiger partial charge on any atom is 0.341 e. The van der Waals surface area contributed by atoms with Gasteiger partial charge in [-0.15, -0.1) is 0 Å². The topological polar surface area (TPSA) is 202 Å². The summed E-state index contributed by atoms with van der Waals surface area (Å²) < 4.78 is 29.7. The smallest absolute Gasteiger partial charge is 0.341 e. The molecule has 8 rings (SSSR count). The molecule has 0 amide bonds. The number of carbonyl (C=O) groups is 4. The molecule has 4 N–H and O–H groups in total. The van der Waals surface area contributed by atoms with Gasteiger partial charge in [0.05, 0.1) is 29.3 Å². The summed E-state index contributed by atoms with van der Waals surface area (Å²) in [6.07, 6.45) is -7.09. The second-order valence-electron chi connectivity index (χ2n) is 16.1. The van der Waals surface area contributed by atoms with Crippen LogP contribution in [0.4, 0.5) is 0 Å². The fourth-order valence-corrected chi connectivity index (χ4v) is 12.5. The van der Waals surface area contributed by atoms with Gasteiger partial charge >= 0.3 is 17.9 Å². The summed E-state index contributed by atoms with van der Waals surface area (Å²) in [6.45, 7) is 10.8. The molecule has 5 saturated carbocycles. The summed E-state index contributed by atoms with van der Waals surface area (Å²) in [5.74, 6) is -9.20. The molecule has 13 nitrogen and oxygen atoms in total. The molecule has 0 aromatic carbocycles. The van der Waals surface area contributed by atoms with E-state index >= 15 is 0 Å². The first-order valence-corrected chi connectivity index (χ1v) is 16.0. The highest BCUT2D eigenvalue weighted by molar-refractivity contribution is 5.86. The molecule has 3 aliphatic heterocycles. The van der Waals surface area contributed by atoms with Crippen molar-refractivity contribution in [2.75, 3.05) is 0 Å². The number of rotatable bonds is 2. The Kier molecular flexibility index (Phi) is 5.55. The molecular weight excluding hydrogens is 592 g/mol. The van der Waals surface area contributed by atoms with Crippen LogP contribution in [0.2, 0.25) is 0 Å². The quantitative estimate of drug-likeness (QED) is 0.174. The van der Waals surface area contributed by atoms with Crippen LogP contribution in [0.15, 0.2) is 0 Å². The van der Waals surface area contributed by atoms with Crippen LogP contribution in [-0.2, 0) is 42.9 Å². The lowest BCUT2D eigenvalue weighted by Gasteiger charge is -2.66. The van der Waals surface area contributed by atoms with Gasteiger partial charge in [-0.3, -0.25) is 14.4 Å². The lowest BCUT2D eigenvalue weighted by molar-refractivity contribution is -0.283. The van der Waals surface area contributed by atoms with Crippen molar-refractivity contribution in [1.29, 1.82) is 0 Å². The van der Waals surface area contributed by atoms with E-state index < -0.39 is 129 Å². The van der Waals surface area contributed by atoms with Gasteiger partial charge in [0.1, 0.15) is 30.2 Å². The minimum absolute atomic E-state index is 0.0832. The zero-order chi connectivity index (χ0) is 32.8. The first kappa shape index (κ1) is 30.2. The number of epoxide rings is 2. The molecule has 5 aliphatic carbocycles. The number of esters is 3. The number of carbonyl (C=O) groups excluding carboxylic acids is 4. The van der Waals surface area contributed by atoms with E-state index in [0.29, 0.717) is 0 Å². The lowest BCUT2D eigenvalue weighted by Crippen LogP contribution is -2.76. The maximum absolute atomic E-state index is 14.5. The van der Waals surface area contributed by atoms with E-state index in [9.17, 15) is 39.6 Å². The van der Waals surface area contributed by atoms with E-state index in [1.807, 2.05) is 6.92 Å². The van der Waals surface area contributed by atoms with Crippen LogP contribution in [0.1, 0.15) is 61.3 Å². The van der Waals surface area contributed by atoms with Gasteiger partial charge < -0.3 is 44.1 Å². The summed E-state index contributed by atoms with van der Waals surface area (Å²) in [7, 11) is 0. The molecule has 248 valence electrons. The van der Waals surface area contributed by atoms with E-state index in [1.165, 1.54) is 20.8 Å². The van der Waals surface area contributed by atoms with E-state index in [2.05, 4.69) is 0 Å². The number of ketones is 1. The number of aliphatic hydroxyl groups is 4. The van der Waals surface area contributed by atoms with Crippen LogP contribution >= 0.6 is 0 Å². The molecular formula is C32H42O13. The van der Waals surface area contributed by atoms with Crippen molar-refractivity contribution >= 4 is 23.7 Å². The maximum atomic E-state index is 14.5. The van der Waals surface area contributed by atoms with Crippen molar-refractivity contribution in [3.05, 3.63) is 0 Å². The molecule has 19 atom stereocenters. The Morgan fingerprint density at radius 3 is 2.20 bits per heavy atom. The third kappa shape index (κ3) is 3.00. The van der Waals surface area contributed by atoms with Crippen molar-refractivity contribution in [2.45, 2.75) is 121 Å². The van der Waals surface area contributed by atoms with E-state index in [0.717, 1.165) is 0 Å². The van der Waals surface area contributed by atoms with Gasteiger partial charge in [0, 0.05) is 61.2 Å². The molecule has 8 aliphatic rings. The lowest BCUT2D eigenvalue weighted by atomic mass is 9.40. The van der Waals surface area contributed by atoms with Gasteiger partial charge in [0.2, 0.25) is 5.79 Å². The van der Waals surface area contributed by atoms with Crippen LogP contribution in [0, 0.1) is 51.8 Å². The minimum atomic E-state index is -2.08. The largest absolute Gasteiger partial charge is 0.458 e. The standard InChI is InChI=1S/C32H42O13/c1-10-16-19(29(6)30(7,39)26(38)45-32(29)24(10)44-32)20(36)17-15-13(35)8-31(40)9-14-21(43-14)23(37)28(31,5)18(15)22(41-11(2)33)25(27(16,17)4)42-12(3)34/h10,14-25,36-37,39-40H,8-9H2,1-7H3/t10-,14-,15?,16-,17+,18?,19-,20+,21-,22-,23-,24+,25-,27+,28-,29-,30+,31+,32-/m0/s1. The Hall–Kier alpha value is -2.16. The average molecular weight is 635 g/mol. The second kappa shape index (κ2) is 8.27. The minimum Gasteiger partial charge on any atom is -0.458 e. The first-order chi connectivity index (χ1) is 20.8. The molecule has 0 bridgehead atoms. The third-order valence-electron chi connectivity index (χ3n) is 14.5. The second-order valence-corrected chi connectivity index (χ2v) is 16.1. The molecule has 45 heavy (non-hydrogen) atoms. The molecule has 0 aromatic rings. The van der Waals surface area contributed by atoms with Crippen molar-refractivity contribution in [3.8, 4) is 0 Å². The Morgan fingerprint density at radius 1 is 0.933 bits per heavy atom. The molecule has 1 spiro atoms. The first-order valence-electron chi connectivity index (χ1n) is 16.0. The number of fused-ring (bicyclic) bond motifs is 9. The Labute approximate surface area is 259 Å². The van der Waals surface area contributed by atoms with Gasteiger partial charge in [-0.1, -0.05) is 20.8 Å². The number of ether oxygens (including phenoxy) is 5. The van der Waals surface area contributed by atoms with Crippen LogP contribution in [0.5, 0.6) is 0 Å².